The highest BCUT2D eigenvalue weighted by Crippen LogP contribution is 2.29. The molecule has 1 aliphatic rings. The maximum atomic E-state index is 11.7. The molecule has 0 spiro atoms. The molecule has 1 aliphatic heterocycles. The van der Waals surface area contributed by atoms with Crippen molar-refractivity contribution in [3.63, 3.8) is 0 Å². The highest BCUT2D eigenvalue weighted by Gasteiger charge is 2.23. The van der Waals surface area contributed by atoms with Crippen molar-refractivity contribution in [1.29, 1.82) is 0 Å². The number of aromatic nitrogens is 3. The van der Waals surface area contributed by atoms with Gasteiger partial charge in [0.2, 0.25) is 0 Å². The van der Waals surface area contributed by atoms with E-state index in [1.807, 2.05) is 31.5 Å². The average Bonchev–Trinajstić information content (AvgIpc) is 2.94. The molecule has 7 heteroatoms. The van der Waals surface area contributed by atoms with Crippen LogP contribution in [-0.2, 0) is 11.8 Å². The molecule has 0 radical (unpaired) electrons. The van der Waals surface area contributed by atoms with E-state index in [4.69, 9.17) is 12.2 Å². The lowest BCUT2D eigenvalue weighted by Crippen LogP contribution is -2.17. The first-order chi connectivity index (χ1) is 9.63. The molecule has 3 heterocycles. The molecule has 1 fully saturated rings. The molecular weight excluding hydrogens is 292 g/mol. The molecule has 2 aromatic heterocycles. The van der Waals surface area contributed by atoms with Crippen molar-refractivity contribution < 1.29 is 4.79 Å². The number of aryl methyl sites for hydroxylation is 1. The predicted octanol–water partition coefficient (Wildman–Crippen LogP) is 1.97. The molecule has 0 unspecified atom stereocenters. The Morgan fingerprint density at radius 3 is 2.80 bits per heavy atom. The van der Waals surface area contributed by atoms with Gasteiger partial charge in [-0.15, -0.1) is 0 Å². The number of pyridine rings is 1. The number of hydrogen-bond acceptors (Lipinski definition) is 5. The number of thiocarbonyl (C=S) groups is 1. The van der Waals surface area contributed by atoms with Gasteiger partial charge in [-0.05, 0) is 18.2 Å². The zero-order valence-electron chi connectivity index (χ0n) is 10.5. The van der Waals surface area contributed by atoms with E-state index >= 15 is 0 Å². The molecule has 1 N–H and O–H groups in total. The minimum atomic E-state index is -0.162. The Kier molecular flexibility index (Phi) is 3.37. The van der Waals surface area contributed by atoms with Crippen LogP contribution in [0.2, 0.25) is 0 Å². The smallest absolute Gasteiger partial charge is 0.263 e. The summed E-state index contributed by atoms with van der Waals surface area (Å²) in [7, 11) is 1.85. The zero-order chi connectivity index (χ0) is 14.1. The molecule has 1 amide bonds. The molecule has 0 aliphatic carbocycles. The third-order valence-electron chi connectivity index (χ3n) is 2.74. The minimum absolute atomic E-state index is 0.162. The first kappa shape index (κ1) is 13.0. The second-order valence-electron chi connectivity index (χ2n) is 4.19. The Labute approximate surface area is 125 Å². The second-order valence-corrected chi connectivity index (χ2v) is 5.91. The minimum Gasteiger partial charge on any atom is -0.307 e. The molecule has 0 atom stereocenters. The van der Waals surface area contributed by atoms with Crippen LogP contribution in [0, 0.1) is 0 Å². The van der Waals surface area contributed by atoms with Crippen molar-refractivity contribution in [1.82, 2.24) is 20.1 Å². The summed E-state index contributed by atoms with van der Waals surface area (Å²) in [5.74, 6) is -0.162. The molecule has 0 aromatic carbocycles. The first-order valence-corrected chi connectivity index (χ1v) is 7.05. The SMILES string of the molecule is Cn1cc(/C=C2\SC(=S)NC2=O)c(-c2ccncc2)n1. The standard InChI is InChI=1S/C13H10N4OS2/c1-17-7-9(6-10-12(18)15-13(19)20-10)11(16-17)8-2-4-14-5-3-8/h2-7H,1H3,(H,15,18,19)/b10-6-. The molecule has 100 valence electrons. The molecule has 0 saturated carbocycles. The van der Waals surface area contributed by atoms with Gasteiger partial charge in [0.25, 0.3) is 5.91 Å². The fourth-order valence-electron chi connectivity index (χ4n) is 1.91. The highest BCUT2D eigenvalue weighted by atomic mass is 32.2. The fourth-order valence-corrected chi connectivity index (χ4v) is 2.94. The number of rotatable bonds is 2. The Hall–Kier alpha value is -1.99. The van der Waals surface area contributed by atoms with Gasteiger partial charge in [-0.1, -0.05) is 24.0 Å². The van der Waals surface area contributed by atoms with E-state index in [-0.39, 0.29) is 5.91 Å². The lowest BCUT2D eigenvalue weighted by Gasteiger charge is -1.98. The molecule has 5 nitrogen and oxygen atoms in total. The van der Waals surface area contributed by atoms with Crippen LogP contribution < -0.4 is 5.32 Å². The summed E-state index contributed by atoms with van der Waals surface area (Å²) in [6.07, 6.45) is 7.11. The summed E-state index contributed by atoms with van der Waals surface area (Å²) in [5, 5.41) is 7.04. The van der Waals surface area contributed by atoms with Gasteiger partial charge >= 0.3 is 0 Å². The largest absolute Gasteiger partial charge is 0.307 e. The van der Waals surface area contributed by atoms with Gasteiger partial charge in [0.05, 0.1) is 10.6 Å². The normalized spacial score (nSPS) is 16.8. The lowest BCUT2D eigenvalue weighted by molar-refractivity contribution is -0.115. The molecular formula is C13H10N4OS2. The van der Waals surface area contributed by atoms with Crippen LogP contribution in [0.4, 0.5) is 0 Å². The maximum Gasteiger partial charge on any atom is 0.263 e. The fraction of sp³-hybridized carbons (Fsp3) is 0.0769. The molecule has 0 bridgehead atoms. The summed E-state index contributed by atoms with van der Waals surface area (Å²) in [4.78, 5) is 16.3. The van der Waals surface area contributed by atoms with Crippen LogP contribution in [0.15, 0.2) is 35.6 Å². The molecule has 3 rings (SSSR count). The predicted molar refractivity (Wildman–Crippen MR) is 82.7 cm³/mol. The van der Waals surface area contributed by atoms with E-state index in [1.54, 1.807) is 17.1 Å². The highest BCUT2D eigenvalue weighted by molar-refractivity contribution is 8.26. The number of carbonyl (C=O) groups is 1. The maximum absolute atomic E-state index is 11.7. The average molecular weight is 302 g/mol. The van der Waals surface area contributed by atoms with Crippen molar-refractivity contribution in [3.05, 3.63) is 41.2 Å². The number of hydrogen-bond donors (Lipinski definition) is 1. The number of nitrogens with one attached hydrogen (secondary N) is 1. The van der Waals surface area contributed by atoms with Gasteiger partial charge in [-0.2, -0.15) is 5.10 Å². The van der Waals surface area contributed by atoms with Crippen molar-refractivity contribution in [2.24, 2.45) is 7.05 Å². The van der Waals surface area contributed by atoms with Gasteiger partial charge in [0, 0.05) is 36.8 Å². The first-order valence-electron chi connectivity index (χ1n) is 5.82. The van der Waals surface area contributed by atoms with Crippen LogP contribution in [0.3, 0.4) is 0 Å². The van der Waals surface area contributed by atoms with E-state index in [0.29, 0.717) is 9.23 Å². The van der Waals surface area contributed by atoms with Gasteiger partial charge in [-0.25, -0.2) is 0 Å². The molecule has 2 aromatic rings. The van der Waals surface area contributed by atoms with Gasteiger partial charge < -0.3 is 5.32 Å². The number of thioether (sulfide) groups is 1. The van der Waals surface area contributed by atoms with Crippen molar-refractivity contribution in [2.45, 2.75) is 0 Å². The Bertz CT molecular complexity index is 721. The summed E-state index contributed by atoms with van der Waals surface area (Å²) in [6.45, 7) is 0. The quantitative estimate of drug-likeness (QED) is 0.679. The van der Waals surface area contributed by atoms with Crippen molar-refractivity contribution in [2.75, 3.05) is 0 Å². The van der Waals surface area contributed by atoms with Gasteiger partial charge in [0.15, 0.2) is 0 Å². The third-order valence-corrected chi connectivity index (χ3v) is 3.90. The summed E-state index contributed by atoms with van der Waals surface area (Å²) in [5.41, 5.74) is 2.65. The van der Waals surface area contributed by atoms with Crippen LogP contribution in [0.25, 0.3) is 17.3 Å². The van der Waals surface area contributed by atoms with Crippen LogP contribution in [0.5, 0.6) is 0 Å². The Balaban J connectivity index is 2.05. The summed E-state index contributed by atoms with van der Waals surface area (Å²) >= 11 is 6.25. The van der Waals surface area contributed by atoms with Crippen molar-refractivity contribution in [3.8, 4) is 11.3 Å². The van der Waals surface area contributed by atoms with E-state index in [1.165, 1.54) is 11.8 Å². The molecule has 1 saturated heterocycles. The monoisotopic (exact) mass is 302 g/mol. The van der Waals surface area contributed by atoms with Crippen LogP contribution in [-0.4, -0.2) is 25.0 Å². The summed E-state index contributed by atoms with van der Waals surface area (Å²) in [6, 6.07) is 3.77. The van der Waals surface area contributed by atoms with Gasteiger partial charge in [0.1, 0.15) is 4.32 Å². The van der Waals surface area contributed by atoms with Gasteiger partial charge in [-0.3, -0.25) is 14.5 Å². The third kappa shape index (κ3) is 2.50. The lowest BCUT2D eigenvalue weighted by atomic mass is 10.1. The molecule has 20 heavy (non-hydrogen) atoms. The van der Waals surface area contributed by atoms with E-state index < -0.39 is 0 Å². The van der Waals surface area contributed by atoms with Crippen LogP contribution in [0.1, 0.15) is 5.56 Å². The van der Waals surface area contributed by atoms with Crippen molar-refractivity contribution >= 4 is 40.3 Å². The number of nitrogens with zero attached hydrogens (tertiary/aromatic N) is 3. The Morgan fingerprint density at radius 1 is 1.40 bits per heavy atom. The van der Waals surface area contributed by atoms with Crippen LogP contribution >= 0.6 is 24.0 Å². The Morgan fingerprint density at radius 2 is 2.15 bits per heavy atom. The van der Waals surface area contributed by atoms with E-state index in [2.05, 4.69) is 15.4 Å². The number of amides is 1. The van der Waals surface area contributed by atoms with E-state index in [0.717, 1.165) is 16.8 Å². The van der Waals surface area contributed by atoms with E-state index in [9.17, 15) is 4.79 Å². The summed E-state index contributed by atoms with van der Waals surface area (Å²) < 4.78 is 2.20. The second kappa shape index (κ2) is 5.18. The topological polar surface area (TPSA) is 59.8 Å². The number of carbonyl (C=O) groups excluding carboxylic acids is 1. The zero-order valence-corrected chi connectivity index (χ0v) is 12.2.